The van der Waals surface area contributed by atoms with Crippen LogP contribution in [0.5, 0.6) is 0 Å². The van der Waals surface area contributed by atoms with Gasteiger partial charge in [0.2, 0.25) is 0 Å². The Labute approximate surface area is 121 Å². The maximum atomic E-state index is 12.1. The van der Waals surface area contributed by atoms with Gasteiger partial charge >= 0.3 is 0 Å². The van der Waals surface area contributed by atoms with E-state index in [2.05, 4.69) is 0 Å². The lowest BCUT2D eigenvalue weighted by molar-refractivity contribution is -0.144. The minimum atomic E-state index is -1.75. The third kappa shape index (κ3) is 6.56. The van der Waals surface area contributed by atoms with Gasteiger partial charge in [0.15, 0.2) is 17.1 Å². The van der Waals surface area contributed by atoms with E-state index in [9.17, 15) is 9.59 Å². The molecule has 0 aromatic heterocycles. The van der Waals surface area contributed by atoms with Gasteiger partial charge in [-0.05, 0) is 41.5 Å². The van der Waals surface area contributed by atoms with Gasteiger partial charge in [0, 0.05) is 6.54 Å². The summed E-state index contributed by atoms with van der Waals surface area (Å²) < 4.78 is 10.7. The highest BCUT2D eigenvalue weighted by molar-refractivity contribution is 6.12. The van der Waals surface area contributed by atoms with Crippen LogP contribution in [-0.4, -0.2) is 48.1 Å². The number of rotatable bonds is 7. The highest BCUT2D eigenvalue weighted by Gasteiger charge is 2.40. The first-order valence-electron chi connectivity index (χ1n) is 6.65. The van der Waals surface area contributed by atoms with Gasteiger partial charge in [0.05, 0.1) is 11.2 Å². The Kier molecular flexibility index (Phi) is 6.48. The summed E-state index contributed by atoms with van der Waals surface area (Å²) in [7, 11) is 0. The number of Topliss-reactive ketones (excluding diaryl/α,β-unsaturated/α-hetero) is 2. The van der Waals surface area contributed by atoms with Crippen LogP contribution in [0.25, 0.3) is 0 Å². The molecule has 0 saturated heterocycles. The molecule has 0 aromatic carbocycles. The van der Waals surface area contributed by atoms with E-state index in [1.807, 2.05) is 41.5 Å². The standard InChI is InChI=1S/C14H28N2O4/c1-12(2,3)19-7-10(17)14(16,9-15)11(18)8-20-13(4,5)6/h7-9,15-16H2,1-6H3. The maximum absolute atomic E-state index is 12.1. The minimum absolute atomic E-state index is 0.252. The van der Waals surface area contributed by atoms with Crippen LogP contribution >= 0.6 is 0 Å². The van der Waals surface area contributed by atoms with E-state index in [0.717, 1.165) is 0 Å². The number of carbonyl (C=O) groups is 2. The number of hydrogen-bond donors (Lipinski definition) is 2. The fourth-order valence-electron chi connectivity index (χ4n) is 1.20. The van der Waals surface area contributed by atoms with Crippen molar-refractivity contribution in [3.8, 4) is 0 Å². The Bertz CT molecular complexity index is 323. The summed E-state index contributed by atoms with van der Waals surface area (Å²) in [5.41, 5.74) is 8.64. The average molecular weight is 288 g/mol. The molecule has 0 atom stereocenters. The van der Waals surface area contributed by atoms with Crippen molar-refractivity contribution in [3.05, 3.63) is 0 Å². The van der Waals surface area contributed by atoms with Crippen molar-refractivity contribution in [1.29, 1.82) is 0 Å². The SMILES string of the molecule is CC(C)(C)OCC(=O)C(N)(CN)C(=O)COC(C)(C)C. The molecule has 6 nitrogen and oxygen atoms in total. The summed E-state index contributed by atoms with van der Waals surface area (Å²) in [6.07, 6.45) is 0. The third-order valence-corrected chi connectivity index (χ3v) is 2.59. The molecule has 0 rings (SSSR count). The molecule has 0 amide bonds. The van der Waals surface area contributed by atoms with Gasteiger partial charge in [-0.2, -0.15) is 0 Å². The summed E-state index contributed by atoms with van der Waals surface area (Å²) in [5.74, 6) is -1.06. The normalized spacial score (nSPS) is 13.4. The first-order valence-corrected chi connectivity index (χ1v) is 6.65. The van der Waals surface area contributed by atoms with Gasteiger partial charge in [-0.15, -0.1) is 0 Å². The van der Waals surface area contributed by atoms with Crippen molar-refractivity contribution in [3.63, 3.8) is 0 Å². The van der Waals surface area contributed by atoms with Gasteiger partial charge in [0.1, 0.15) is 13.2 Å². The molecule has 0 spiro atoms. The number of nitrogens with two attached hydrogens (primary N) is 2. The van der Waals surface area contributed by atoms with Crippen molar-refractivity contribution in [2.45, 2.75) is 58.3 Å². The monoisotopic (exact) mass is 288 g/mol. The van der Waals surface area contributed by atoms with Crippen molar-refractivity contribution in [2.24, 2.45) is 11.5 Å². The second-order valence-corrected chi connectivity index (χ2v) is 6.82. The van der Waals surface area contributed by atoms with Crippen LogP contribution in [0.2, 0.25) is 0 Å². The van der Waals surface area contributed by atoms with Gasteiger partial charge in [0.25, 0.3) is 0 Å². The summed E-state index contributed by atoms with van der Waals surface area (Å²) >= 11 is 0. The molecule has 0 aromatic rings. The molecule has 0 unspecified atom stereocenters. The molecule has 4 N–H and O–H groups in total. The Balaban J connectivity index is 4.74. The molecule has 0 heterocycles. The predicted molar refractivity (Wildman–Crippen MR) is 77.4 cm³/mol. The number of ketones is 2. The Morgan fingerprint density at radius 1 is 0.850 bits per heavy atom. The van der Waals surface area contributed by atoms with E-state index in [1.165, 1.54) is 0 Å². The van der Waals surface area contributed by atoms with E-state index < -0.39 is 28.3 Å². The van der Waals surface area contributed by atoms with Crippen molar-refractivity contribution in [1.82, 2.24) is 0 Å². The molecule has 0 fully saturated rings. The molecule has 6 heteroatoms. The van der Waals surface area contributed by atoms with Crippen LogP contribution < -0.4 is 11.5 Å². The highest BCUT2D eigenvalue weighted by Crippen LogP contribution is 2.12. The van der Waals surface area contributed by atoms with Crippen LogP contribution in [0.15, 0.2) is 0 Å². The molecule has 0 bridgehead atoms. The second kappa shape index (κ2) is 6.76. The predicted octanol–water partition coefficient (Wildman–Crippen LogP) is 0.411. The minimum Gasteiger partial charge on any atom is -0.368 e. The number of ether oxygens (including phenoxy) is 2. The summed E-state index contributed by atoms with van der Waals surface area (Å²) in [6.45, 7) is 10.1. The lowest BCUT2D eigenvalue weighted by atomic mass is 9.90. The smallest absolute Gasteiger partial charge is 0.187 e. The first kappa shape index (κ1) is 19.2. The molecule has 118 valence electrons. The average Bonchev–Trinajstić information content (AvgIpc) is 2.29. The summed E-state index contributed by atoms with van der Waals surface area (Å²) in [6, 6.07) is 0. The van der Waals surface area contributed by atoms with E-state index in [0.29, 0.717) is 0 Å². The second-order valence-electron chi connectivity index (χ2n) is 6.82. The lowest BCUT2D eigenvalue weighted by Gasteiger charge is -2.28. The van der Waals surface area contributed by atoms with Crippen LogP contribution in [0, 0.1) is 0 Å². The molecule has 0 radical (unpaired) electrons. The van der Waals surface area contributed by atoms with Crippen molar-refractivity contribution in [2.75, 3.05) is 19.8 Å². The van der Waals surface area contributed by atoms with Gasteiger partial charge < -0.3 is 20.9 Å². The zero-order valence-corrected chi connectivity index (χ0v) is 13.4. The summed E-state index contributed by atoms with van der Waals surface area (Å²) in [5, 5.41) is 0. The largest absolute Gasteiger partial charge is 0.368 e. The number of hydrogen-bond acceptors (Lipinski definition) is 6. The van der Waals surface area contributed by atoms with Crippen molar-refractivity contribution < 1.29 is 19.1 Å². The van der Waals surface area contributed by atoms with Crippen LogP contribution in [-0.2, 0) is 19.1 Å². The molecule has 0 saturated carbocycles. The van der Waals surface area contributed by atoms with E-state index in [1.54, 1.807) is 0 Å². The maximum Gasteiger partial charge on any atom is 0.187 e. The quantitative estimate of drug-likeness (QED) is 0.657. The van der Waals surface area contributed by atoms with E-state index >= 15 is 0 Å². The fraction of sp³-hybridized carbons (Fsp3) is 0.857. The van der Waals surface area contributed by atoms with Gasteiger partial charge in [-0.1, -0.05) is 0 Å². The molecule has 20 heavy (non-hydrogen) atoms. The zero-order valence-electron chi connectivity index (χ0n) is 13.4. The first-order chi connectivity index (χ1) is 8.82. The molecular formula is C14H28N2O4. The Morgan fingerprint density at radius 2 is 1.15 bits per heavy atom. The van der Waals surface area contributed by atoms with Gasteiger partial charge in [-0.3, -0.25) is 9.59 Å². The molecule has 0 aliphatic carbocycles. The topological polar surface area (TPSA) is 105 Å². The van der Waals surface area contributed by atoms with Gasteiger partial charge in [-0.25, -0.2) is 0 Å². The van der Waals surface area contributed by atoms with Crippen LogP contribution in [0.3, 0.4) is 0 Å². The molecule has 0 aliphatic heterocycles. The van der Waals surface area contributed by atoms with Crippen LogP contribution in [0.4, 0.5) is 0 Å². The summed E-state index contributed by atoms with van der Waals surface area (Å²) in [4.78, 5) is 24.2. The lowest BCUT2D eigenvalue weighted by Crippen LogP contribution is -2.62. The Morgan fingerprint density at radius 3 is 1.35 bits per heavy atom. The van der Waals surface area contributed by atoms with E-state index in [-0.39, 0.29) is 19.8 Å². The van der Waals surface area contributed by atoms with Crippen molar-refractivity contribution >= 4 is 11.6 Å². The Hall–Kier alpha value is -0.820. The molecular weight excluding hydrogens is 260 g/mol. The van der Waals surface area contributed by atoms with E-state index in [4.69, 9.17) is 20.9 Å². The fourth-order valence-corrected chi connectivity index (χ4v) is 1.20. The molecule has 0 aliphatic rings. The zero-order chi connectivity index (χ0) is 16.2. The third-order valence-electron chi connectivity index (χ3n) is 2.59. The van der Waals surface area contributed by atoms with Crippen LogP contribution in [0.1, 0.15) is 41.5 Å². The number of carbonyl (C=O) groups excluding carboxylic acids is 2. The highest BCUT2D eigenvalue weighted by atomic mass is 16.5.